The lowest BCUT2D eigenvalue weighted by atomic mass is 9.89. The third-order valence-corrected chi connectivity index (χ3v) is 8.69. The Morgan fingerprint density at radius 1 is 0.882 bits per heavy atom. The lowest BCUT2D eigenvalue weighted by molar-refractivity contribution is 0.111. The fourth-order valence-electron chi connectivity index (χ4n) is 5.70. The summed E-state index contributed by atoms with van der Waals surface area (Å²) in [5, 5.41) is 25.0. The molecule has 0 radical (unpaired) electrons. The molecule has 5 aromatic rings. The highest BCUT2D eigenvalue weighted by atomic mass is 35.5. The van der Waals surface area contributed by atoms with Crippen LogP contribution in [-0.4, -0.2) is 36.3 Å². The topological polar surface area (TPSA) is 126 Å². The van der Waals surface area contributed by atoms with E-state index in [0.717, 1.165) is 50.3 Å². The van der Waals surface area contributed by atoms with Gasteiger partial charge >= 0.3 is 0 Å². The van der Waals surface area contributed by atoms with Crippen LogP contribution in [0.2, 0.25) is 5.02 Å². The van der Waals surface area contributed by atoms with Crippen molar-refractivity contribution in [2.75, 3.05) is 19.9 Å². The van der Waals surface area contributed by atoms with Crippen LogP contribution in [0.15, 0.2) is 98.0 Å². The number of aliphatic hydroxyl groups excluding tert-OH is 1. The van der Waals surface area contributed by atoms with E-state index in [0.29, 0.717) is 48.7 Å². The number of nitrogens with one attached hydrogen (secondary N) is 2. The van der Waals surface area contributed by atoms with E-state index in [1.807, 2.05) is 18.2 Å². The van der Waals surface area contributed by atoms with Crippen LogP contribution in [0.5, 0.6) is 17.2 Å². The standard InChI is InChI=1S/C41H39ClN4O5/c1-4-44-26-51-39-12-11-31(16-33(39)22-45-13-14-47)35-8-6-10-37(28(35)3)36-9-5-7-32(27(36)2)25-50-41-18-40(34(23-48)17-38(41)42)49-24-30-15-29(19-43)20-46-21-30/h4-12,15-18,20-21,23,44-45,47H,1,13-14,22,24-26H2,2-3H3. The highest BCUT2D eigenvalue weighted by Gasteiger charge is 2.16. The van der Waals surface area contributed by atoms with Crippen LogP contribution in [0.1, 0.15) is 43.7 Å². The molecule has 0 aliphatic heterocycles. The van der Waals surface area contributed by atoms with E-state index in [4.69, 9.17) is 25.8 Å². The largest absolute Gasteiger partial charge is 0.488 e. The summed E-state index contributed by atoms with van der Waals surface area (Å²) in [7, 11) is 0. The van der Waals surface area contributed by atoms with Crippen LogP contribution in [0.25, 0.3) is 22.3 Å². The van der Waals surface area contributed by atoms with Crippen LogP contribution in [0.4, 0.5) is 0 Å². The minimum Gasteiger partial charge on any atom is -0.488 e. The van der Waals surface area contributed by atoms with Crippen LogP contribution >= 0.6 is 11.6 Å². The second-order valence-corrected chi connectivity index (χ2v) is 12.1. The number of hydrogen-bond donors (Lipinski definition) is 3. The Bertz CT molecular complexity index is 2060. The van der Waals surface area contributed by atoms with Gasteiger partial charge in [0.25, 0.3) is 0 Å². The van der Waals surface area contributed by atoms with E-state index in [1.54, 1.807) is 24.5 Å². The predicted octanol–water partition coefficient (Wildman–Crippen LogP) is 7.68. The van der Waals surface area contributed by atoms with E-state index in [2.05, 4.69) is 78.5 Å². The highest BCUT2D eigenvalue weighted by molar-refractivity contribution is 6.32. The first-order chi connectivity index (χ1) is 24.9. The molecule has 0 amide bonds. The summed E-state index contributed by atoms with van der Waals surface area (Å²) in [6.45, 7) is 9.57. The number of hydrogen-bond acceptors (Lipinski definition) is 9. The van der Waals surface area contributed by atoms with Crippen LogP contribution in [0, 0.1) is 25.2 Å². The maximum atomic E-state index is 11.8. The summed E-state index contributed by atoms with van der Waals surface area (Å²) in [4.78, 5) is 15.9. The number of benzene rings is 4. The molecule has 0 bridgehead atoms. The fraction of sp³-hybridized carbons (Fsp3) is 0.195. The van der Waals surface area contributed by atoms with Crippen molar-refractivity contribution < 1.29 is 24.1 Å². The normalized spacial score (nSPS) is 10.6. The second kappa shape index (κ2) is 17.8. The van der Waals surface area contributed by atoms with E-state index >= 15 is 0 Å². The molecule has 5 rings (SSSR count). The third-order valence-electron chi connectivity index (χ3n) is 8.39. The van der Waals surface area contributed by atoms with Gasteiger partial charge in [-0.2, -0.15) is 5.26 Å². The van der Waals surface area contributed by atoms with Gasteiger partial charge < -0.3 is 30.0 Å². The molecule has 0 atom stereocenters. The second-order valence-electron chi connectivity index (χ2n) is 11.7. The van der Waals surface area contributed by atoms with Crippen molar-refractivity contribution in [2.45, 2.75) is 33.6 Å². The van der Waals surface area contributed by atoms with E-state index in [9.17, 15) is 15.2 Å². The number of nitrogens with zero attached hydrogens (tertiary/aromatic N) is 2. The summed E-state index contributed by atoms with van der Waals surface area (Å²) in [6.07, 6.45) is 5.34. The zero-order chi connectivity index (χ0) is 36.2. The lowest BCUT2D eigenvalue weighted by Gasteiger charge is -2.18. The summed E-state index contributed by atoms with van der Waals surface area (Å²) < 4.78 is 18.1. The lowest BCUT2D eigenvalue weighted by Crippen LogP contribution is -2.19. The monoisotopic (exact) mass is 702 g/mol. The van der Waals surface area contributed by atoms with Crippen molar-refractivity contribution in [3.63, 3.8) is 0 Å². The molecule has 51 heavy (non-hydrogen) atoms. The molecule has 0 aliphatic carbocycles. The predicted molar refractivity (Wildman–Crippen MR) is 199 cm³/mol. The number of aromatic nitrogens is 1. The Kier molecular flexibility index (Phi) is 12.8. The summed E-state index contributed by atoms with van der Waals surface area (Å²) in [5.74, 6) is 1.43. The maximum Gasteiger partial charge on any atom is 0.158 e. The van der Waals surface area contributed by atoms with Crippen molar-refractivity contribution in [1.82, 2.24) is 15.6 Å². The number of carbonyl (C=O) groups is 1. The first-order valence-electron chi connectivity index (χ1n) is 16.4. The number of pyridine rings is 1. The third kappa shape index (κ3) is 9.12. The molecule has 0 aliphatic rings. The van der Waals surface area contributed by atoms with Crippen LogP contribution in [0.3, 0.4) is 0 Å². The molecule has 3 N–H and O–H groups in total. The Hall–Kier alpha value is -5.66. The Labute approximate surface area is 303 Å². The van der Waals surface area contributed by atoms with Gasteiger partial charge in [0.05, 0.1) is 22.8 Å². The quantitative estimate of drug-likeness (QED) is 0.0508. The molecular weight excluding hydrogens is 664 g/mol. The molecule has 0 spiro atoms. The minimum absolute atomic E-state index is 0.0475. The van der Waals surface area contributed by atoms with Gasteiger partial charge in [-0.15, -0.1) is 0 Å². The van der Waals surface area contributed by atoms with Gasteiger partial charge in [0.1, 0.15) is 36.5 Å². The average Bonchev–Trinajstić information content (AvgIpc) is 3.15. The maximum absolute atomic E-state index is 11.8. The average molecular weight is 703 g/mol. The number of halogens is 1. The van der Waals surface area contributed by atoms with Crippen molar-refractivity contribution in [3.05, 3.63) is 142 Å². The van der Waals surface area contributed by atoms with Gasteiger partial charge in [-0.3, -0.25) is 9.78 Å². The Balaban J connectivity index is 1.38. The first-order valence-corrected chi connectivity index (χ1v) is 16.7. The molecule has 0 saturated heterocycles. The number of rotatable bonds is 17. The van der Waals surface area contributed by atoms with E-state index in [-0.39, 0.29) is 30.4 Å². The molecule has 4 aromatic carbocycles. The Morgan fingerprint density at radius 3 is 2.41 bits per heavy atom. The molecule has 0 saturated carbocycles. The summed E-state index contributed by atoms with van der Waals surface area (Å²) >= 11 is 6.54. The Morgan fingerprint density at radius 2 is 1.65 bits per heavy atom. The van der Waals surface area contributed by atoms with Gasteiger partial charge in [0, 0.05) is 42.7 Å². The molecule has 1 aromatic heterocycles. The van der Waals surface area contributed by atoms with Crippen LogP contribution in [-0.2, 0) is 19.8 Å². The molecule has 9 nitrogen and oxygen atoms in total. The molecule has 0 unspecified atom stereocenters. The smallest absolute Gasteiger partial charge is 0.158 e. The summed E-state index contributed by atoms with van der Waals surface area (Å²) in [5.41, 5.74) is 9.85. The van der Waals surface area contributed by atoms with Gasteiger partial charge in [0.2, 0.25) is 0 Å². The van der Waals surface area contributed by atoms with Gasteiger partial charge in [-0.1, -0.05) is 60.6 Å². The van der Waals surface area contributed by atoms with Crippen molar-refractivity contribution in [3.8, 4) is 45.6 Å². The first kappa shape index (κ1) is 36.6. The number of ether oxygens (including phenoxy) is 3. The molecule has 1 heterocycles. The number of carbonyl (C=O) groups excluding carboxylic acids is 1. The molecule has 10 heteroatoms. The highest BCUT2D eigenvalue weighted by Crippen LogP contribution is 2.37. The zero-order valence-corrected chi connectivity index (χ0v) is 29.3. The van der Waals surface area contributed by atoms with Crippen molar-refractivity contribution >= 4 is 17.9 Å². The van der Waals surface area contributed by atoms with Gasteiger partial charge in [0.15, 0.2) is 13.0 Å². The fourth-order valence-corrected chi connectivity index (χ4v) is 5.93. The number of nitriles is 1. The van der Waals surface area contributed by atoms with E-state index in [1.165, 1.54) is 12.3 Å². The molecular formula is C41H39ClN4O5. The number of aldehydes is 1. The number of aliphatic hydroxyl groups is 1. The molecule has 0 fully saturated rings. The summed E-state index contributed by atoms with van der Waals surface area (Å²) in [6, 6.07) is 25.4. The SMILES string of the molecule is C=CNCOc1ccc(-c2cccc(-c3cccc(COc4cc(OCc5cncc(C#N)c5)c(C=O)cc4Cl)c3C)c2C)cc1CNCCO. The van der Waals surface area contributed by atoms with Crippen molar-refractivity contribution in [1.29, 1.82) is 5.26 Å². The van der Waals surface area contributed by atoms with Crippen LogP contribution < -0.4 is 24.8 Å². The minimum atomic E-state index is 0.0475. The van der Waals surface area contributed by atoms with E-state index < -0.39 is 0 Å². The van der Waals surface area contributed by atoms with Gasteiger partial charge in [-0.05, 0) is 83.3 Å². The van der Waals surface area contributed by atoms with Crippen molar-refractivity contribution in [2.24, 2.45) is 0 Å². The molecule has 260 valence electrons. The zero-order valence-electron chi connectivity index (χ0n) is 28.5. The van der Waals surface area contributed by atoms with Gasteiger partial charge in [-0.25, -0.2) is 0 Å².